The van der Waals surface area contributed by atoms with Gasteiger partial charge >= 0.3 is 0 Å². The van der Waals surface area contributed by atoms with Crippen LogP contribution in [0.5, 0.6) is 0 Å². The minimum absolute atomic E-state index is 0.190. The van der Waals surface area contributed by atoms with Crippen LogP contribution in [-0.2, 0) is 14.3 Å². The van der Waals surface area contributed by atoms with Crippen LogP contribution in [0.15, 0.2) is 30.3 Å². The van der Waals surface area contributed by atoms with Gasteiger partial charge < -0.3 is 20.7 Å². The first kappa shape index (κ1) is 15.5. The van der Waals surface area contributed by atoms with Crippen molar-refractivity contribution in [3.8, 4) is 0 Å². The lowest BCUT2D eigenvalue weighted by Crippen LogP contribution is -2.47. The third kappa shape index (κ3) is 3.22. The fourth-order valence-electron chi connectivity index (χ4n) is 2.69. The summed E-state index contributed by atoms with van der Waals surface area (Å²) in [5, 5.41) is 2.58. The Bertz CT molecular complexity index is 506. The highest BCUT2D eigenvalue weighted by molar-refractivity contribution is 5.90. The maximum atomic E-state index is 12.7. The van der Waals surface area contributed by atoms with E-state index in [0.717, 1.165) is 5.56 Å². The molecule has 1 saturated heterocycles. The van der Waals surface area contributed by atoms with E-state index in [1.807, 2.05) is 30.3 Å². The highest BCUT2D eigenvalue weighted by atomic mass is 16.5. The average molecular weight is 291 g/mol. The SMILES string of the molecule is CNC(=O)[C@@H]1C[C@H](N)CN1C(=O)[C@@H](OC)c1ccccc1. The minimum atomic E-state index is -0.719. The summed E-state index contributed by atoms with van der Waals surface area (Å²) in [5.74, 6) is -0.426. The first-order valence-corrected chi connectivity index (χ1v) is 6.94. The number of hydrogen-bond donors (Lipinski definition) is 2. The predicted octanol–water partition coefficient (Wildman–Crippen LogP) is 0.0483. The Labute approximate surface area is 124 Å². The molecule has 0 aromatic heterocycles. The summed E-state index contributed by atoms with van der Waals surface area (Å²) in [6.07, 6.45) is -0.250. The van der Waals surface area contributed by atoms with Crippen molar-refractivity contribution in [2.45, 2.75) is 24.6 Å². The van der Waals surface area contributed by atoms with E-state index >= 15 is 0 Å². The second kappa shape index (κ2) is 6.69. The van der Waals surface area contributed by atoms with Crippen LogP contribution < -0.4 is 11.1 Å². The van der Waals surface area contributed by atoms with E-state index in [9.17, 15) is 9.59 Å². The monoisotopic (exact) mass is 291 g/mol. The third-order valence-corrected chi connectivity index (χ3v) is 3.73. The van der Waals surface area contributed by atoms with Crippen LogP contribution in [0.3, 0.4) is 0 Å². The number of rotatable bonds is 4. The standard InChI is InChI=1S/C15H21N3O3/c1-17-14(19)12-8-11(16)9-18(12)15(20)13(21-2)10-6-4-3-5-7-10/h3-7,11-13H,8-9,16H2,1-2H3,(H,17,19)/t11-,12-,13-/m0/s1. The molecule has 1 aromatic carbocycles. The average Bonchev–Trinajstić information content (AvgIpc) is 2.90. The van der Waals surface area contributed by atoms with E-state index in [2.05, 4.69) is 5.32 Å². The van der Waals surface area contributed by atoms with Crippen LogP contribution in [-0.4, -0.2) is 49.5 Å². The number of likely N-dealkylation sites (tertiary alicyclic amines) is 1. The summed E-state index contributed by atoms with van der Waals surface area (Å²) in [5.41, 5.74) is 6.68. The predicted molar refractivity (Wildman–Crippen MR) is 78.4 cm³/mol. The molecule has 1 fully saturated rings. The van der Waals surface area contributed by atoms with E-state index in [1.165, 1.54) is 12.0 Å². The van der Waals surface area contributed by atoms with Crippen LogP contribution in [0.25, 0.3) is 0 Å². The molecule has 0 spiro atoms. The van der Waals surface area contributed by atoms with Crippen molar-refractivity contribution in [2.75, 3.05) is 20.7 Å². The molecule has 1 aromatic rings. The molecule has 0 saturated carbocycles. The van der Waals surface area contributed by atoms with Crippen LogP contribution >= 0.6 is 0 Å². The summed E-state index contributed by atoms with van der Waals surface area (Å²) >= 11 is 0. The largest absolute Gasteiger partial charge is 0.367 e. The fourth-order valence-corrected chi connectivity index (χ4v) is 2.69. The Hall–Kier alpha value is -1.92. The van der Waals surface area contributed by atoms with Crippen LogP contribution in [0.4, 0.5) is 0 Å². The molecule has 6 nitrogen and oxygen atoms in total. The lowest BCUT2D eigenvalue weighted by atomic mass is 10.1. The van der Waals surface area contributed by atoms with Crippen LogP contribution in [0.2, 0.25) is 0 Å². The number of ether oxygens (including phenoxy) is 1. The lowest BCUT2D eigenvalue weighted by Gasteiger charge is -2.27. The second-order valence-corrected chi connectivity index (χ2v) is 5.14. The molecule has 0 unspecified atom stereocenters. The van der Waals surface area contributed by atoms with E-state index in [0.29, 0.717) is 13.0 Å². The third-order valence-electron chi connectivity index (χ3n) is 3.73. The highest BCUT2D eigenvalue weighted by Gasteiger charge is 2.40. The first-order valence-electron chi connectivity index (χ1n) is 6.94. The van der Waals surface area contributed by atoms with Crippen molar-refractivity contribution in [2.24, 2.45) is 5.73 Å². The topological polar surface area (TPSA) is 84.7 Å². The quantitative estimate of drug-likeness (QED) is 0.821. The van der Waals surface area contributed by atoms with Gasteiger partial charge in [0.2, 0.25) is 5.91 Å². The molecule has 1 aliphatic rings. The number of likely N-dealkylation sites (N-methyl/N-ethyl adjacent to an activating group) is 1. The lowest BCUT2D eigenvalue weighted by molar-refractivity contribution is -0.147. The van der Waals surface area contributed by atoms with Gasteiger partial charge in [-0.1, -0.05) is 30.3 Å². The number of nitrogens with two attached hydrogens (primary N) is 1. The van der Waals surface area contributed by atoms with Crippen molar-refractivity contribution in [1.82, 2.24) is 10.2 Å². The molecule has 2 amide bonds. The number of amides is 2. The molecular formula is C15H21N3O3. The molecule has 3 atom stereocenters. The van der Waals surface area contributed by atoms with Gasteiger partial charge in [-0.15, -0.1) is 0 Å². The van der Waals surface area contributed by atoms with Crippen molar-refractivity contribution >= 4 is 11.8 Å². The van der Waals surface area contributed by atoms with Gasteiger partial charge in [0.05, 0.1) is 0 Å². The van der Waals surface area contributed by atoms with E-state index in [4.69, 9.17) is 10.5 Å². The van der Waals surface area contributed by atoms with Gasteiger partial charge in [0, 0.05) is 26.7 Å². The highest BCUT2D eigenvalue weighted by Crippen LogP contribution is 2.25. The summed E-state index contributed by atoms with van der Waals surface area (Å²) in [4.78, 5) is 26.2. The molecule has 1 heterocycles. The molecule has 114 valence electrons. The Kier molecular flexibility index (Phi) is 4.93. The zero-order chi connectivity index (χ0) is 15.4. The number of nitrogens with zero attached hydrogens (tertiary/aromatic N) is 1. The summed E-state index contributed by atoms with van der Waals surface area (Å²) in [6.45, 7) is 0.365. The van der Waals surface area contributed by atoms with Crippen molar-refractivity contribution in [1.29, 1.82) is 0 Å². The molecular weight excluding hydrogens is 270 g/mol. The van der Waals surface area contributed by atoms with Crippen LogP contribution in [0.1, 0.15) is 18.1 Å². The molecule has 21 heavy (non-hydrogen) atoms. The Morgan fingerprint density at radius 3 is 2.62 bits per heavy atom. The zero-order valence-electron chi connectivity index (χ0n) is 12.3. The number of carbonyl (C=O) groups excluding carboxylic acids is 2. The van der Waals surface area contributed by atoms with Gasteiger partial charge in [-0.3, -0.25) is 9.59 Å². The molecule has 0 bridgehead atoms. The Balaban J connectivity index is 2.22. The number of methoxy groups -OCH3 is 1. The minimum Gasteiger partial charge on any atom is -0.367 e. The van der Waals surface area contributed by atoms with Gasteiger partial charge in [0.15, 0.2) is 6.10 Å². The molecule has 6 heteroatoms. The smallest absolute Gasteiger partial charge is 0.257 e. The Morgan fingerprint density at radius 1 is 1.38 bits per heavy atom. The summed E-state index contributed by atoms with van der Waals surface area (Å²) in [7, 11) is 3.04. The first-order chi connectivity index (χ1) is 10.1. The van der Waals surface area contributed by atoms with E-state index in [1.54, 1.807) is 7.05 Å². The van der Waals surface area contributed by atoms with Gasteiger partial charge in [0.25, 0.3) is 5.91 Å². The summed E-state index contributed by atoms with van der Waals surface area (Å²) < 4.78 is 5.34. The fraction of sp³-hybridized carbons (Fsp3) is 0.467. The maximum Gasteiger partial charge on any atom is 0.257 e. The summed E-state index contributed by atoms with van der Waals surface area (Å²) in [6, 6.07) is 8.51. The van der Waals surface area contributed by atoms with Crippen LogP contribution in [0, 0.1) is 0 Å². The van der Waals surface area contributed by atoms with Gasteiger partial charge in [-0.25, -0.2) is 0 Å². The molecule has 2 rings (SSSR count). The van der Waals surface area contributed by atoms with Crippen molar-refractivity contribution < 1.29 is 14.3 Å². The molecule has 0 radical (unpaired) electrons. The van der Waals surface area contributed by atoms with Crippen molar-refractivity contribution in [3.05, 3.63) is 35.9 Å². The zero-order valence-corrected chi connectivity index (χ0v) is 12.3. The second-order valence-electron chi connectivity index (χ2n) is 5.14. The molecule has 1 aliphatic heterocycles. The van der Waals surface area contributed by atoms with E-state index < -0.39 is 12.1 Å². The molecule has 3 N–H and O–H groups in total. The maximum absolute atomic E-state index is 12.7. The number of nitrogens with one attached hydrogen (secondary N) is 1. The number of carbonyl (C=O) groups is 2. The molecule has 0 aliphatic carbocycles. The van der Waals surface area contributed by atoms with E-state index in [-0.39, 0.29) is 17.9 Å². The van der Waals surface area contributed by atoms with Gasteiger partial charge in [-0.05, 0) is 12.0 Å². The van der Waals surface area contributed by atoms with Crippen molar-refractivity contribution in [3.63, 3.8) is 0 Å². The number of hydrogen-bond acceptors (Lipinski definition) is 4. The van der Waals surface area contributed by atoms with Gasteiger partial charge in [0.1, 0.15) is 6.04 Å². The Morgan fingerprint density at radius 2 is 2.05 bits per heavy atom. The number of benzene rings is 1. The normalized spacial score (nSPS) is 22.9. The van der Waals surface area contributed by atoms with Gasteiger partial charge in [-0.2, -0.15) is 0 Å².